The molecule has 0 atom stereocenters. The Hall–Kier alpha value is -3.08. The minimum Gasteiger partial charge on any atom is -0.468 e. The van der Waals surface area contributed by atoms with Gasteiger partial charge in [0.25, 0.3) is 15.7 Å². The number of benzene rings is 2. The largest absolute Gasteiger partial charge is 0.468 e. The van der Waals surface area contributed by atoms with Crippen molar-refractivity contribution in [2.24, 2.45) is 0 Å². The number of non-ortho nitro benzene ring substituents is 1. The molecule has 0 amide bonds. The molecule has 0 aliphatic rings. The third kappa shape index (κ3) is 3.94. The molecule has 11 heteroatoms. The molecule has 0 aliphatic carbocycles. The third-order valence-electron chi connectivity index (χ3n) is 3.31. The molecular formula is C15H12F2N2O6S. The van der Waals surface area contributed by atoms with Gasteiger partial charge in [0.1, 0.15) is 18.2 Å². The Morgan fingerprint density at radius 2 is 1.81 bits per heavy atom. The molecule has 2 aromatic carbocycles. The van der Waals surface area contributed by atoms with Crippen molar-refractivity contribution in [3.05, 3.63) is 64.2 Å². The number of methoxy groups -OCH3 is 1. The fraction of sp³-hybridized carbons (Fsp3) is 0.133. The van der Waals surface area contributed by atoms with E-state index >= 15 is 0 Å². The minimum absolute atomic E-state index is 0.351. The van der Waals surface area contributed by atoms with Gasteiger partial charge in [-0.05, 0) is 24.3 Å². The van der Waals surface area contributed by atoms with Gasteiger partial charge in [-0.25, -0.2) is 17.2 Å². The minimum atomic E-state index is -4.49. The van der Waals surface area contributed by atoms with E-state index in [2.05, 4.69) is 4.74 Å². The molecule has 0 heterocycles. The van der Waals surface area contributed by atoms with Gasteiger partial charge in [-0.15, -0.1) is 0 Å². The van der Waals surface area contributed by atoms with E-state index < -0.39 is 49.7 Å². The number of esters is 1. The van der Waals surface area contributed by atoms with Crippen LogP contribution in [0.5, 0.6) is 0 Å². The number of carbonyl (C=O) groups excluding carboxylic acids is 1. The molecule has 26 heavy (non-hydrogen) atoms. The van der Waals surface area contributed by atoms with Gasteiger partial charge in [0.15, 0.2) is 0 Å². The van der Waals surface area contributed by atoms with E-state index in [4.69, 9.17) is 0 Å². The molecule has 0 aromatic heterocycles. The fourth-order valence-electron chi connectivity index (χ4n) is 2.03. The number of hydrogen-bond donors (Lipinski definition) is 0. The van der Waals surface area contributed by atoms with Gasteiger partial charge >= 0.3 is 5.97 Å². The van der Waals surface area contributed by atoms with E-state index in [9.17, 15) is 32.1 Å². The molecule has 0 saturated heterocycles. The van der Waals surface area contributed by atoms with Gasteiger partial charge in [0, 0.05) is 18.2 Å². The summed E-state index contributed by atoms with van der Waals surface area (Å²) in [5.74, 6) is -3.13. The molecule has 8 nitrogen and oxygen atoms in total. The van der Waals surface area contributed by atoms with Crippen LogP contribution in [0.3, 0.4) is 0 Å². The normalized spacial score (nSPS) is 11.0. The zero-order valence-corrected chi connectivity index (χ0v) is 14.1. The number of carbonyl (C=O) groups is 1. The maximum atomic E-state index is 14.1. The lowest BCUT2D eigenvalue weighted by atomic mass is 10.3. The van der Waals surface area contributed by atoms with E-state index in [0.29, 0.717) is 10.4 Å². The van der Waals surface area contributed by atoms with Gasteiger partial charge in [-0.2, -0.15) is 0 Å². The van der Waals surface area contributed by atoms with Crippen molar-refractivity contribution in [1.29, 1.82) is 0 Å². The van der Waals surface area contributed by atoms with E-state index in [1.165, 1.54) is 0 Å². The number of anilines is 1. The molecule has 0 N–H and O–H groups in total. The molecule has 2 rings (SSSR count). The van der Waals surface area contributed by atoms with Crippen LogP contribution in [0.4, 0.5) is 20.2 Å². The topological polar surface area (TPSA) is 107 Å². The Labute approximate surface area is 146 Å². The predicted molar refractivity (Wildman–Crippen MR) is 86.0 cm³/mol. The highest BCUT2D eigenvalue weighted by molar-refractivity contribution is 7.92. The summed E-state index contributed by atoms with van der Waals surface area (Å²) in [7, 11) is -3.48. The lowest BCUT2D eigenvalue weighted by molar-refractivity contribution is -0.384. The van der Waals surface area contributed by atoms with Crippen molar-refractivity contribution >= 4 is 27.4 Å². The summed E-state index contributed by atoms with van der Waals surface area (Å²) in [6, 6.07) is 5.93. The molecule has 0 fully saturated rings. The molecule has 0 saturated carbocycles. The Morgan fingerprint density at radius 3 is 2.31 bits per heavy atom. The first kappa shape index (κ1) is 19.2. The highest BCUT2D eigenvalue weighted by atomic mass is 32.2. The van der Waals surface area contributed by atoms with Gasteiger partial charge in [0.2, 0.25) is 0 Å². The van der Waals surface area contributed by atoms with Crippen molar-refractivity contribution in [3.63, 3.8) is 0 Å². The van der Waals surface area contributed by atoms with Crippen molar-refractivity contribution in [1.82, 2.24) is 0 Å². The number of nitro benzene ring substituents is 1. The van der Waals surface area contributed by atoms with Crippen molar-refractivity contribution < 1.29 is 31.7 Å². The predicted octanol–water partition coefficient (Wildman–Crippen LogP) is 2.24. The molecular weight excluding hydrogens is 374 g/mol. The molecule has 2 aromatic rings. The summed E-state index contributed by atoms with van der Waals surface area (Å²) < 4.78 is 57.6. The van der Waals surface area contributed by atoms with Crippen molar-refractivity contribution in [2.45, 2.75) is 4.90 Å². The molecule has 0 spiro atoms. The second-order valence-corrected chi connectivity index (χ2v) is 6.80. The number of hydrogen-bond acceptors (Lipinski definition) is 6. The van der Waals surface area contributed by atoms with Gasteiger partial charge in [0.05, 0.1) is 22.6 Å². The van der Waals surface area contributed by atoms with Crippen LogP contribution < -0.4 is 4.31 Å². The standard InChI is InChI=1S/C15H12F2N2O6S/c1-25-15(20)9-18(14-7-2-10(16)8-13(14)17)26(23,24)12-5-3-11(4-6-12)19(21)22/h2-8H,9H2,1H3. The van der Waals surface area contributed by atoms with Crippen LogP contribution in [0.1, 0.15) is 0 Å². The number of sulfonamides is 1. The average molecular weight is 386 g/mol. The summed E-state index contributed by atoms with van der Waals surface area (Å²) in [5, 5.41) is 10.7. The smallest absolute Gasteiger partial charge is 0.326 e. The van der Waals surface area contributed by atoms with E-state index in [1.807, 2.05) is 0 Å². The first-order chi connectivity index (χ1) is 12.2. The second kappa shape index (κ2) is 7.44. The van der Waals surface area contributed by atoms with E-state index in [-0.39, 0.29) is 5.69 Å². The first-order valence-electron chi connectivity index (χ1n) is 6.96. The first-order valence-corrected chi connectivity index (χ1v) is 8.40. The van der Waals surface area contributed by atoms with Crippen LogP contribution in [-0.4, -0.2) is 33.0 Å². The Balaban J connectivity index is 2.55. The number of nitrogens with zero attached hydrogens (tertiary/aromatic N) is 2. The number of halogens is 2. The molecule has 138 valence electrons. The maximum absolute atomic E-state index is 14.1. The van der Waals surface area contributed by atoms with Gasteiger partial charge in [-0.1, -0.05) is 0 Å². The van der Waals surface area contributed by atoms with Gasteiger partial charge in [-0.3, -0.25) is 19.2 Å². The van der Waals surface area contributed by atoms with Crippen molar-refractivity contribution in [3.8, 4) is 0 Å². The highest BCUT2D eigenvalue weighted by Crippen LogP contribution is 2.27. The van der Waals surface area contributed by atoms with E-state index in [1.54, 1.807) is 0 Å². The Kier molecular flexibility index (Phi) is 5.50. The lowest BCUT2D eigenvalue weighted by Crippen LogP contribution is -2.37. The number of nitro groups is 1. The molecule has 0 bridgehead atoms. The van der Waals surface area contributed by atoms with Crippen LogP contribution >= 0.6 is 0 Å². The van der Waals surface area contributed by atoms with Crippen molar-refractivity contribution in [2.75, 3.05) is 18.0 Å². The summed E-state index contributed by atoms with van der Waals surface area (Å²) in [6.07, 6.45) is 0. The number of rotatable bonds is 6. The summed E-state index contributed by atoms with van der Waals surface area (Å²) in [5.41, 5.74) is -0.924. The quantitative estimate of drug-likeness (QED) is 0.428. The summed E-state index contributed by atoms with van der Waals surface area (Å²) in [6.45, 7) is -0.877. The van der Waals surface area contributed by atoms with Crippen LogP contribution in [-0.2, 0) is 19.6 Å². The van der Waals surface area contributed by atoms with E-state index in [0.717, 1.165) is 43.5 Å². The zero-order chi connectivity index (χ0) is 19.5. The third-order valence-corrected chi connectivity index (χ3v) is 5.09. The fourth-order valence-corrected chi connectivity index (χ4v) is 3.45. The van der Waals surface area contributed by atoms with Crippen LogP contribution in [0.2, 0.25) is 0 Å². The Morgan fingerprint density at radius 1 is 1.19 bits per heavy atom. The maximum Gasteiger partial charge on any atom is 0.326 e. The van der Waals surface area contributed by atoms with Crippen LogP contribution in [0.15, 0.2) is 47.4 Å². The Bertz CT molecular complexity index is 947. The van der Waals surface area contributed by atoms with Gasteiger partial charge < -0.3 is 4.74 Å². The lowest BCUT2D eigenvalue weighted by Gasteiger charge is -2.23. The SMILES string of the molecule is COC(=O)CN(c1ccc(F)cc1F)S(=O)(=O)c1ccc([N+](=O)[O-])cc1. The van der Waals surface area contributed by atoms with Crippen LogP contribution in [0, 0.1) is 21.7 Å². The molecule has 0 radical (unpaired) electrons. The summed E-state index contributed by atoms with van der Waals surface area (Å²) in [4.78, 5) is 21.1. The zero-order valence-electron chi connectivity index (χ0n) is 13.3. The molecule has 0 unspecified atom stereocenters. The second-order valence-electron chi connectivity index (χ2n) is 4.93. The summed E-state index contributed by atoms with van der Waals surface area (Å²) >= 11 is 0. The molecule has 0 aliphatic heterocycles. The average Bonchev–Trinajstić information content (AvgIpc) is 2.60. The van der Waals surface area contributed by atoms with Crippen LogP contribution in [0.25, 0.3) is 0 Å². The monoisotopic (exact) mass is 386 g/mol. The highest BCUT2D eigenvalue weighted by Gasteiger charge is 2.30. The number of ether oxygens (including phenoxy) is 1.